The van der Waals surface area contributed by atoms with E-state index >= 15 is 0 Å². The van der Waals surface area contributed by atoms with Gasteiger partial charge in [0.25, 0.3) is 0 Å². The lowest BCUT2D eigenvalue weighted by Crippen LogP contribution is -2.17. The molecule has 0 amide bonds. The molecule has 17 heavy (non-hydrogen) atoms. The van der Waals surface area contributed by atoms with E-state index in [0.29, 0.717) is 43.2 Å². The summed E-state index contributed by atoms with van der Waals surface area (Å²) in [5, 5.41) is 0.0806. The predicted molar refractivity (Wildman–Crippen MR) is 64.4 cm³/mol. The summed E-state index contributed by atoms with van der Waals surface area (Å²) in [6.45, 7) is 1.51. The van der Waals surface area contributed by atoms with Crippen LogP contribution in [0.15, 0.2) is 6.07 Å². The summed E-state index contributed by atoms with van der Waals surface area (Å²) in [4.78, 5) is 0. The molecule has 1 aliphatic heterocycles. The van der Waals surface area contributed by atoms with Crippen molar-refractivity contribution in [2.24, 2.45) is 5.73 Å². The molecule has 2 N–H and O–H groups in total. The highest BCUT2D eigenvalue weighted by Gasteiger charge is 2.22. The summed E-state index contributed by atoms with van der Waals surface area (Å²) < 4.78 is 24.8. The van der Waals surface area contributed by atoms with Gasteiger partial charge in [-0.25, -0.2) is 4.39 Å². The van der Waals surface area contributed by atoms with E-state index in [4.69, 9.17) is 26.8 Å². The van der Waals surface area contributed by atoms with E-state index in [1.54, 1.807) is 0 Å². The van der Waals surface area contributed by atoms with Crippen LogP contribution in [0.4, 0.5) is 4.39 Å². The zero-order valence-corrected chi connectivity index (χ0v) is 10.2. The first kappa shape index (κ1) is 12.5. The molecule has 1 aromatic rings. The van der Waals surface area contributed by atoms with Gasteiger partial charge in [-0.1, -0.05) is 11.6 Å². The van der Waals surface area contributed by atoms with Crippen LogP contribution in [-0.2, 0) is 6.42 Å². The Morgan fingerprint density at radius 3 is 2.82 bits per heavy atom. The SMILES string of the molecule is NCCCCc1c(F)c(Cl)cc2c1OCCO2. The van der Waals surface area contributed by atoms with Gasteiger partial charge in [-0.2, -0.15) is 0 Å². The summed E-state index contributed by atoms with van der Waals surface area (Å²) >= 11 is 5.83. The van der Waals surface area contributed by atoms with Gasteiger partial charge in [-0.3, -0.25) is 0 Å². The van der Waals surface area contributed by atoms with E-state index in [1.165, 1.54) is 6.07 Å². The highest BCUT2D eigenvalue weighted by atomic mass is 35.5. The fourth-order valence-electron chi connectivity index (χ4n) is 1.87. The monoisotopic (exact) mass is 259 g/mol. The molecule has 2 rings (SSSR count). The van der Waals surface area contributed by atoms with Crippen LogP contribution in [0.2, 0.25) is 5.02 Å². The van der Waals surface area contributed by atoms with Crippen LogP contribution in [-0.4, -0.2) is 19.8 Å². The largest absolute Gasteiger partial charge is 0.486 e. The fourth-order valence-corrected chi connectivity index (χ4v) is 2.08. The van der Waals surface area contributed by atoms with Crippen molar-refractivity contribution in [3.05, 3.63) is 22.5 Å². The minimum Gasteiger partial charge on any atom is -0.486 e. The van der Waals surface area contributed by atoms with Gasteiger partial charge in [0.1, 0.15) is 19.0 Å². The Bertz CT molecular complexity index is 412. The number of halogens is 2. The standard InChI is InChI=1S/C12H15ClFNO2/c13-9-7-10-12(17-6-5-16-10)8(11(9)14)3-1-2-4-15/h7H,1-6,15H2. The first-order valence-electron chi connectivity index (χ1n) is 5.70. The third-order valence-corrected chi connectivity index (χ3v) is 2.97. The molecule has 1 heterocycles. The second-order valence-corrected chi connectivity index (χ2v) is 4.33. The van der Waals surface area contributed by atoms with Crippen molar-refractivity contribution in [1.29, 1.82) is 0 Å². The zero-order chi connectivity index (χ0) is 12.3. The Balaban J connectivity index is 2.30. The molecule has 0 spiro atoms. The first-order valence-corrected chi connectivity index (χ1v) is 6.08. The van der Waals surface area contributed by atoms with Crippen LogP contribution in [0.25, 0.3) is 0 Å². The lowest BCUT2D eigenvalue weighted by molar-refractivity contribution is 0.168. The smallest absolute Gasteiger partial charge is 0.167 e. The maximum atomic E-state index is 13.9. The number of rotatable bonds is 4. The molecular weight excluding hydrogens is 245 g/mol. The summed E-state index contributed by atoms with van der Waals surface area (Å²) in [5.41, 5.74) is 5.92. The number of hydrogen-bond donors (Lipinski definition) is 1. The molecule has 0 fully saturated rings. The van der Waals surface area contributed by atoms with Crippen molar-refractivity contribution < 1.29 is 13.9 Å². The molecule has 0 unspecified atom stereocenters. The van der Waals surface area contributed by atoms with Crippen LogP contribution < -0.4 is 15.2 Å². The Labute approximate surface area is 105 Å². The minimum atomic E-state index is -0.409. The van der Waals surface area contributed by atoms with E-state index in [1.807, 2.05) is 0 Å². The van der Waals surface area contributed by atoms with Crippen molar-refractivity contribution >= 4 is 11.6 Å². The van der Waals surface area contributed by atoms with Gasteiger partial charge in [-0.15, -0.1) is 0 Å². The Hall–Kier alpha value is -1.00. The molecular formula is C12H15ClFNO2. The minimum absolute atomic E-state index is 0.0806. The van der Waals surface area contributed by atoms with Gasteiger partial charge < -0.3 is 15.2 Å². The van der Waals surface area contributed by atoms with E-state index in [-0.39, 0.29) is 5.02 Å². The van der Waals surface area contributed by atoms with E-state index in [0.717, 1.165) is 12.8 Å². The average molecular weight is 260 g/mol. The topological polar surface area (TPSA) is 44.5 Å². The fraction of sp³-hybridized carbons (Fsp3) is 0.500. The van der Waals surface area contributed by atoms with Crippen molar-refractivity contribution in [1.82, 2.24) is 0 Å². The van der Waals surface area contributed by atoms with Gasteiger partial charge in [0.2, 0.25) is 0 Å². The molecule has 3 nitrogen and oxygen atoms in total. The molecule has 0 radical (unpaired) electrons. The normalized spacial score (nSPS) is 13.8. The molecule has 1 aromatic carbocycles. The van der Waals surface area contributed by atoms with Crippen molar-refractivity contribution in [3.63, 3.8) is 0 Å². The Kier molecular flexibility index (Phi) is 4.07. The molecule has 0 aromatic heterocycles. The van der Waals surface area contributed by atoms with E-state index < -0.39 is 5.82 Å². The number of hydrogen-bond acceptors (Lipinski definition) is 3. The van der Waals surface area contributed by atoms with Crippen LogP contribution in [0.5, 0.6) is 11.5 Å². The maximum absolute atomic E-state index is 13.9. The zero-order valence-electron chi connectivity index (χ0n) is 9.47. The van der Waals surface area contributed by atoms with Gasteiger partial charge >= 0.3 is 0 Å². The van der Waals surface area contributed by atoms with Crippen LogP contribution in [0.3, 0.4) is 0 Å². The van der Waals surface area contributed by atoms with Gasteiger partial charge in [0.05, 0.1) is 5.02 Å². The third kappa shape index (κ3) is 2.64. The number of fused-ring (bicyclic) bond motifs is 1. The molecule has 5 heteroatoms. The summed E-state index contributed by atoms with van der Waals surface area (Å²) in [6.07, 6.45) is 2.22. The number of benzene rings is 1. The predicted octanol–water partition coefficient (Wildman–Crippen LogP) is 2.53. The molecule has 0 saturated heterocycles. The molecule has 0 aliphatic carbocycles. The van der Waals surface area contributed by atoms with Crippen LogP contribution in [0, 0.1) is 5.82 Å². The molecule has 0 bridgehead atoms. The first-order chi connectivity index (χ1) is 8.24. The van der Waals surface area contributed by atoms with Crippen LogP contribution in [0.1, 0.15) is 18.4 Å². The molecule has 0 saturated carbocycles. The second-order valence-electron chi connectivity index (χ2n) is 3.92. The second kappa shape index (κ2) is 5.56. The van der Waals surface area contributed by atoms with Gasteiger partial charge in [0.15, 0.2) is 11.5 Å². The van der Waals surface area contributed by atoms with Crippen LogP contribution >= 0.6 is 11.6 Å². The summed E-state index contributed by atoms with van der Waals surface area (Å²) in [5.74, 6) is 0.619. The third-order valence-electron chi connectivity index (χ3n) is 2.70. The van der Waals surface area contributed by atoms with Crippen molar-refractivity contribution in [2.75, 3.05) is 19.8 Å². The number of nitrogens with two attached hydrogens (primary N) is 1. The molecule has 0 atom stereocenters. The summed E-state index contributed by atoms with van der Waals surface area (Å²) in [6, 6.07) is 1.47. The average Bonchev–Trinajstić information content (AvgIpc) is 2.34. The number of unbranched alkanes of at least 4 members (excludes halogenated alkanes) is 1. The highest BCUT2D eigenvalue weighted by molar-refractivity contribution is 6.31. The highest BCUT2D eigenvalue weighted by Crippen LogP contribution is 2.39. The summed E-state index contributed by atoms with van der Waals surface area (Å²) in [7, 11) is 0. The molecule has 94 valence electrons. The van der Waals surface area contributed by atoms with Crippen molar-refractivity contribution in [2.45, 2.75) is 19.3 Å². The maximum Gasteiger partial charge on any atom is 0.167 e. The van der Waals surface area contributed by atoms with Crippen molar-refractivity contribution in [3.8, 4) is 11.5 Å². The number of ether oxygens (including phenoxy) is 2. The lowest BCUT2D eigenvalue weighted by atomic mass is 10.1. The van der Waals surface area contributed by atoms with Gasteiger partial charge in [-0.05, 0) is 25.8 Å². The van der Waals surface area contributed by atoms with E-state index in [2.05, 4.69) is 0 Å². The van der Waals surface area contributed by atoms with E-state index in [9.17, 15) is 4.39 Å². The molecule has 1 aliphatic rings. The Morgan fingerprint density at radius 2 is 2.06 bits per heavy atom. The Morgan fingerprint density at radius 1 is 1.29 bits per heavy atom. The lowest BCUT2D eigenvalue weighted by Gasteiger charge is -2.22. The quantitative estimate of drug-likeness (QED) is 0.845. The van der Waals surface area contributed by atoms with Gasteiger partial charge in [0, 0.05) is 11.6 Å².